The second kappa shape index (κ2) is 7.59. The zero-order valence-electron chi connectivity index (χ0n) is 18.8. The van der Waals surface area contributed by atoms with Gasteiger partial charge in [0.25, 0.3) is 0 Å². The standard InChI is InChI=1S/C29H25N3/c1-19-13-14-24-9-6-8-12-27(24)32(19)29-17-23(18-30)16-28(21(29)3)31-20(2)15-25-10-5-7-11-26(25)22(31)4/h5-17H,1-4H3/q+2. The summed E-state index contributed by atoms with van der Waals surface area (Å²) in [4.78, 5) is 0. The Morgan fingerprint density at radius 3 is 2.06 bits per heavy atom. The van der Waals surface area contributed by atoms with Crippen molar-refractivity contribution in [2.75, 3.05) is 0 Å². The predicted octanol–water partition coefficient (Wildman–Crippen LogP) is 5.65. The molecule has 2 heterocycles. The molecule has 0 radical (unpaired) electrons. The van der Waals surface area contributed by atoms with E-state index in [9.17, 15) is 5.26 Å². The van der Waals surface area contributed by atoms with E-state index in [1.165, 1.54) is 21.9 Å². The Hall–Kier alpha value is -4.03. The normalized spacial score (nSPS) is 11.1. The number of aromatic nitrogens is 2. The van der Waals surface area contributed by atoms with Crippen molar-refractivity contribution >= 4 is 21.7 Å². The van der Waals surface area contributed by atoms with Crippen molar-refractivity contribution in [3.05, 3.63) is 107 Å². The Balaban J connectivity index is 1.88. The first-order chi connectivity index (χ1) is 15.5. The number of hydrogen-bond donors (Lipinski definition) is 0. The smallest absolute Gasteiger partial charge is 0.192 e. The molecule has 154 valence electrons. The highest BCUT2D eigenvalue weighted by Crippen LogP contribution is 2.24. The van der Waals surface area contributed by atoms with Gasteiger partial charge in [0.05, 0.1) is 17.2 Å². The summed E-state index contributed by atoms with van der Waals surface area (Å²) in [5.74, 6) is 0. The molecule has 0 N–H and O–H groups in total. The average molecular weight is 416 g/mol. The van der Waals surface area contributed by atoms with Gasteiger partial charge in [-0.2, -0.15) is 14.4 Å². The van der Waals surface area contributed by atoms with Crippen LogP contribution >= 0.6 is 0 Å². The molecule has 0 spiro atoms. The second-order valence-corrected chi connectivity index (χ2v) is 8.41. The molecule has 5 aromatic rings. The number of aryl methyl sites for hydroxylation is 3. The van der Waals surface area contributed by atoms with Crippen molar-refractivity contribution in [2.45, 2.75) is 27.7 Å². The molecule has 0 aliphatic rings. The van der Waals surface area contributed by atoms with Crippen LogP contribution in [0.4, 0.5) is 0 Å². The molecule has 0 bridgehead atoms. The van der Waals surface area contributed by atoms with Crippen molar-refractivity contribution in [1.29, 1.82) is 5.26 Å². The minimum atomic E-state index is 0.653. The van der Waals surface area contributed by atoms with E-state index in [1.54, 1.807) is 0 Å². The molecule has 0 saturated carbocycles. The van der Waals surface area contributed by atoms with Crippen LogP contribution in [0.25, 0.3) is 33.1 Å². The second-order valence-electron chi connectivity index (χ2n) is 8.41. The van der Waals surface area contributed by atoms with Gasteiger partial charge in [-0.05, 0) is 30.5 Å². The molecular weight excluding hydrogens is 390 g/mol. The maximum Gasteiger partial charge on any atom is 0.222 e. The fraction of sp³-hybridized carbons (Fsp3) is 0.138. The minimum Gasteiger partial charge on any atom is -0.192 e. The van der Waals surface area contributed by atoms with Gasteiger partial charge in [0.2, 0.25) is 16.9 Å². The number of benzene rings is 3. The van der Waals surface area contributed by atoms with Crippen LogP contribution in [0, 0.1) is 39.0 Å². The Bertz CT molecular complexity index is 1570. The Morgan fingerprint density at radius 2 is 1.31 bits per heavy atom. The van der Waals surface area contributed by atoms with Gasteiger partial charge >= 0.3 is 0 Å². The molecule has 5 rings (SSSR count). The number of hydrogen-bond acceptors (Lipinski definition) is 1. The van der Waals surface area contributed by atoms with Crippen LogP contribution in [0.3, 0.4) is 0 Å². The van der Waals surface area contributed by atoms with Crippen molar-refractivity contribution in [2.24, 2.45) is 0 Å². The molecule has 32 heavy (non-hydrogen) atoms. The molecule has 0 unspecified atom stereocenters. The third-order valence-electron chi connectivity index (χ3n) is 6.40. The Labute approximate surface area is 188 Å². The van der Waals surface area contributed by atoms with Gasteiger partial charge in [-0.3, -0.25) is 0 Å². The SMILES string of the molecule is Cc1c(-[n+]2c(C)cc3ccccc3c2C)cc(C#N)cc1-[n+]1c(C)ccc2ccccc21. The number of nitriles is 1. The lowest BCUT2D eigenvalue weighted by atomic mass is 10.0. The van der Waals surface area contributed by atoms with E-state index in [0.717, 1.165) is 33.8 Å². The molecule has 3 heteroatoms. The van der Waals surface area contributed by atoms with Crippen molar-refractivity contribution < 1.29 is 9.13 Å². The highest BCUT2D eigenvalue weighted by atomic mass is 15.0. The minimum absolute atomic E-state index is 0.653. The summed E-state index contributed by atoms with van der Waals surface area (Å²) in [5, 5.41) is 13.5. The lowest BCUT2D eigenvalue weighted by Gasteiger charge is -2.12. The van der Waals surface area contributed by atoms with E-state index in [2.05, 4.69) is 110 Å². The quantitative estimate of drug-likeness (QED) is 0.343. The van der Waals surface area contributed by atoms with Crippen LogP contribution < -0.4 is 9.13 Å². The lowest BCUT2D eigenvalue weighted by molar-refractivity contribution is -0.610. The van der Waals surface area contributed by atoms with E-state index in [1.807, 2.05) is 12.1 Å². The van der Waals surface area contributed by atoms with Crippen LogP contribution in [0.15, 0.2) is 78.9 Å². The molecule has 0 aliphatic carbocycles. The summed E-state index contributed by atoms with van der Waals surface area (Å²) >= 11 is 0. The zero-order chi connectivity index (χ0) is 22.4. The molecule has 0 fully saturated rings. The van der Waals surface area contributed by atoms with Crippen LogP contribution in [0.1, 0.15) is 28.2 Å². The van der Waals surface area contributed by atoms with Crippen LogP contribution in [0.2, 0.25) is 0 Å². The third kappa shape index (κ3) is 3.04. The zero-order valence-corrected chi connectivity index (χ0v) is 18.8. The Kier molecular flexibility index (Phi) is 4.72. The van der Waals surface area contributed by atoms with Gasteiger partial charge < -0.3 is 0 Å². The first-order valence-electron chi connectivity index (χ1n) is 10.9. The van der Waals surface area contributed by atoms with E-state index >= 15 is 0 Å². The third-order valence-corrected chi connectivity index (χ3v) is 6.40. The number of nitrogens with zero attached hydrogens (tertiary/aromatic N) is 3. The van der Waals surface area contributed by atoms with Gasteiger partial charge in [0.15, 0.2) is 17.1 Å². The number of para-hydroxylation sites is 1. The molecule has 3 nitrogen and oxygen atoms in total. The van der Waals surface area contributed by atoms with Gasteiger partial charge in [0.1, 0.15) is 0 Å². The maximum atomic E-state index is 9.90. The van der Waals surface area contributed by atoms with Gasteiger partial charge in [-0.1, -0.05) is 30.3 Å². The average Bonchev–Trinajstić information content (AvgIpc) is 2.80. The number of rotatable bonds is 2. The van der Waals surface area contributed by atoms with Gasteiger partial charge in [0, 0.05) is 61.9 Å². The molecular formula is C29H25N3+2. The van der Waals surface area contributed by atoms with Crippen LogP contribution in [-0.2, 0) is 0 Å². The van der Waals surface area contributed by atoms with Crippen molar-refractivity contribution in [1.82, 2.24) is 0 Å². The molecule has 2 aromatic heterocycles. The van der Waals surface area contributed by atoms with Gasteiger partial charge in [-0.25, -0.2) is 0 Å². The first kappa shape index (κ1) is 19.9. The molecule has 0 amide bonds. The van der Waals surface area contributed by atoms with Crippen LogP contribution in [0.5, 0.6) is 0 Å². The number of pyridine rings is 2. The first-order valence-corrected chi connectivity index (χ1v) is 10.9. The monoisotopic (exact) mass is 415 g/mol. The maximum absolute atomic E-state index is 9.90. The summed E-state index contributed by atoms with van der Waals surface area (Å²) in [6.07, 6.45) is 0. The molecule has 0 atom stereocenters. The summed E-state index contributed by atoms with van der Waals surface area (Å²) < 4.78 is 4.55. The van der Waals surface area contributed by atoms with Crippen molar-refractivity contribution in [3.63, 3.8) is 0 Å². The topological polar surface area (TPSA) is 31.5 Å². The van der Waals surface area contributed by atoms with Gasteiger partial charge in [-0.15, -0.1) is 0 Å². The highest BCUT2D eigenvalue weighted by Gasteiger charge is 2.27. The van der Waals surface area contributed by atoms with E-state index < -0.39 is 0 Å². The van der Waals surface area contributed by atoms with E-state index in [4.69, 9.17) is 0 Å². The molecule has 0 aliphatic heterocycles. The summed E-state index contributed by atoms with van der Waals surface area (Å²) in [5.41, 5.74) is 8.44. The summed E-state index contributed by atoms with van der Waals surface area (Å²) in [7, 11) is 0. The summed E-state index contributed by atoms with van der Waals surface area (Å²) in [6.45, 7) is 8.56. The van der Waals surface area contributed by atoms with Crippen LogP contribution in [-0.4, -0.2) is 0 Å². The van der Waals surface area contributed by atoms with Crippen molar-refractivity contribution in [3.8, 4) is 17.4 Å². The largest absolute Gasteiger partial charge is 0.222 e. The summed E-state index contributed by atoms with van der Waals surface area (Å²) in [6, 6.07) is 29.8. The lowest BCUT2D eigenvalue weighted by Crippen LogP contribution is -2.41. The Morgan fingerprint density at radius 1 is 0.656 bits per heavy atom. The number of fused-ring (bicyclic) bond motifs is 2. The van der Waals surface area contributed by atoms with E-state index in [0.29, 0.717) is 5.56 Å². The fourth-order valence-corrected chi connectivity index (χ4v) is 4.84. The molecule has 0 saturated heterocycles. The van der Waals surface area contributed by atoms with E-state index in [-0.39, 0.29) is 0 Å². The molecule has 3 aromatic carbocycles. The fourth-order valence-electron chi connectivity index (χ4n) is 4.84. The highest BCUT2D eigenvalue weighted by molar-refractivity contribution is 5.83. The predicted molar refractivity (Wildman–Crippen MR) is 128 cm³/mol.